The van der Waals surface area contributed by atoms with Crippen molar-refractivity contribution >= 4 is 0 Å². The molecule has 1 atom stereocenters. The summed E-state index contributed by atoms with van der Waals surface area (Å²) in [5.74, 6) is 0. The van der Waals surface area contributed by atoms with Crippen molar-refractivity contribution in [1.29, 1.82) is 0 Å². The van der Waals surface area contributed by atoms with E-state index >= 15 is 0 Å². The number of nitrogens with zero attached hydrogens (tertiary/aromatic N) is 2. The average molecular weight is 255 g/mol. The van der Waals surface area contributed by atoms with E-state index in [-0.39, 0.29) is 0 Å². The molecule has 0 spiro atoms. The average Bonchev–Trinajstić information content (AvgIpc) is 2.42. The molecule has 2 aromatic rings. The van der Waals surface area contributed by atoms with Crippen molar-refractivity contribution in [2.75, 3.05) is 0 Å². The number of hydrogen-bond acceptors (Lipinski definition) is 4. The zero-order chi connectivity index (χ0) is 13.9. The highest BCUT2D eigenvalue weighted by Crippen LogP contribution is 2.27. The summed E-state index contributed by atoms with van der Waals surface area (Å²) in [7, 11) is 0. The van der Waals surface area contributed by atoms with E-state index in [4.69, 9.17) is 5.73 Å². The molecule has 0 amide bonds. The summed E-state index contributed by atoms with van der Waals surface area (Å²) in [6.45, 7) is 3.84. The van der Waals surface area contributed by atoms with Crippen molar-refractivity contribution < 1.29 is 0 Å². The summed E-state index contributed by atoms with van der Waals surface area (Å²) < 4.78 is 0. The number of nitroso groups, excluding NO2 is 1. The second kappa shape index (κ2) is 5.28. The lowest BCUT2D eigenvalue weighted by Gasteiger charge is -2.23. The van der Waals surface area contributed by atoms with Crippen LogP contribution in [-0.4, -0.2) is 4.98 Å². The van der Waals surface area contributed by atoms with E-state index in [9.17, 15) is 4.91 Å². The van der Waals surface area contributed by atoms with Crippen LogP contribution < -0.4 is 5.73 Å². The van der Waals surface area contributed by atoms with Crippen LogP contribution >= 0.6 is 0 Å². The molecular weight excluding hydrogens is 238 g/mol. The first-order valence-corrected chi connectivity index (χ1v) is 6.16. The first kappa shape index (κ1) is 13.4. The van der Waals surface area contributed by atoms with E-state index in [1.54, 1.807) is 6.20 Å². The summed E-state index contributed by atoms with van der Waals surface area (Å²) >= 11 is 0. The lowest BCUT2D eigenvalue weighted by atomic mass is 9.91. The molecular formula is C15H17N3O. The molecule has 0 aliphatic rings. The number of benzene rings is 1. The lowest BCUT2D eigenvalue weighted by molar-refractivity contribution is 0.457. The molecule has 1 aromatic heterocycles. The smallest absolute Gasteiger partial charge is 0.180 e. The van der Waals surface area contributed by atoms with E-state index in [1.807, 2.05) is 50.2 Å². The Bertz CT molecular complexity index is 580. The van der Waals surface area contributed by atoms with Crippen LogP contribution in [-0.2, 0) is 12.1 Å². The van der Waals surface area contributed by atoms with Gasteiger partial charge in [-0.3, -0.25) is 4.98 Å². The third-order valence-electron chi connectivity index (χ3n) is 3.22. The van der Waals surface area contributed by atoms with Crippen LogP contribution in [0.3, 0.4) is 0 Å². The summed E-state index contributed by atoms with van der Waals surface area (Å²) in [4.78, 5) is 15.5. The Morgan fingerprint density at radius 2 is 1.95 bits per heavy atom. The fraction of sp³-hybridized carbons (Fsp3) is 0.267. The van der Waals surface area contributed by atoms with Crippen molar-refractivity contribution in [3.63, 3.8) is 0 Å². The molecule has 0 aliphatic heterocycles. The molecule has 0 radical (unpaired) electrons. The van der Waals surface area contributed by atoms with Crippen LogP contribution in [0.5, 0.6) is 0 Å². The molecule has 0 aliphatic carbocycles. The van der Waals surface area contributed by atoms with E-state index in [0.29, 0.717) is 6.42 Å². The minimum atomic E-state index is -1.25. The van der Waals surface area contributed by atoms with Crippen molar-refractivity contribution in [3.05, 3.63) is 69.9 Å². The van der Waals surface area contributed by atoms with Crippen molar-refractivity contribution in [1.82, 2.24) is 4.98 Å². The Morgan fingerprint density at radius 3 is 2.53 bits per heavy atom. The van der Waals surface area contributed by atoms with Crippen molar-refractivity contribution in [3.8, 4) is 0 Å². The Balaban J connectivity index is 2.35. The Labute approximate surface area is 112 Å². The summed E-state index contributed by atoms with van der Waals surface area (Å²) in [5, 5.41) is 3.17. The van der Waals surface area contributed by atoms with E-state index < -0.39 is 5.66 Å². The molecule has 2 N–H and O–H groups in total. The third kappa shape index (κ3) is 2.85. The largest absolute Gasteiger partial charge is 0.300 e. The second-order valence-corrected chi connectivity index (χ2v) is 4.82. The first-order valence-electron chi connectivity index (χ1n) is 6.16. The normalized spacial score (nSPS) is 13.8. The highest BCUT2D eigenvalue weighted by Gasteiger charge is 2.30. The van der Waals surface area contributed by atoms with Gasteiger partial charge in [0.15, 0.2) is 5.66 Å². The van der Waals surface area contributed by atoms with Gasteiger partial charge in [-0.25, -0.2) is 0 Å². The summed E-state index contributed by atoms with van der Waals surface area (Å²) in [6, 6.07) is 11.4. The van der Waals surface area contributed by atoms with Crippen LogP contribution in [0.1, 0.15) is 22.4 Å². The monoisotopic (exact) mass is 255 g/mol. The number of aryl methyl sites for hydroxylation is 2. The Hall–Kier alpha value is -2.07. The quantitative estimate of drug-likeness (QED) is 0.854. The van der Waals surface area contributed by atoms with Gasteiger partial charge in [-0.1, -0.05) is 30.3 Å². The maximum absolute atomic E-state index is 11.3. The number of pyridine rings is 1. The minimum absolute atomic E-state index is 0.342. The van der Waals surface area contributed by atoms with Crippen LogP contribution in [0.2, 0.25) is 0 Å². The highest BCUT2D eigenvalue weighted by molar-refractivity contribution is 5.34. The number of rotatable bonds is 4. The molecule has 1 unspecified atom stereocenters. The standard InChI is InChI=1S/C15H17N3O/c1-11-5-3-4-6-14(11)15(16,18-19)9-13-8-7-12(2)17-10-13/h3-8,10H,9,16H2,1-2H3. The van der Waals surface area contributed by atoms with Crippen molar-refractivity contribution in [2.45, 2.75) is 25.9 Å². The summed E-state index contributed by atoms with van der Waals surface area (Å²) in [5.41, 5.74) is 8.48. The fourth-order valence-corrected chi connectivity index (χ4v) is 2.15. The van der Waals surface area contributed by atoms with Gasteiger partial charge in [-0.2, -0.15) is 0 Å². The first-order chi connectivity index (χ1) is 9.05. The van der Waals surface area contributed by atoms with E-state index in [2.05, 4.69) is 10.2 Å². The lowest BCUT2D eigenvalue weighted by Crippen LogP contribution is -2.37. The van der Waals surface area contributed by atoms with Crippen LogP contribution in [0, 0.1) is 18.8 Å². The van der Waals surface area contributed by atoms with Gasteiger partial charge in [0.2, 0.25) is 0 Å². The third-order valence-corrected chi connectivity index (χ3v) is 3.22. The van der Waals surface area contributed by atoms with Gasteiger partial charge in [-0.05, 0) is 36.2 Å². The minimum Gasteiger partial charge on any atom is -0.300 e. The Kier molecular flexibility index (Phi) is 3.71. The van der Waals surface area contributed by atoms with Crippen LogP contribution in [0.15, 0.2) is 47.8 Å². The molecule has 1 heterocycles. The van der Waals surface area contributed by atoms with Gasteiger partial charge in [0.25, 0.3) is 0 Å². The molecule has 1 aromatic carbocycles. The van der Waals surface area contributed by atoms with E-state index in [0.717, 1.165) is 22.4 Å². The zero-order valence-electron chi connectivity index (χ0n) is 11.1. The predicted octanol–water partition coefficient (Wildman–Crippen LogP) is 2.82. The van der Waals surface area contributed by atoms with Gasteiger partial charge >= 0.3 is 0 Å². The Morgan fingerprint density at radius 1 is 1.21 bits per heavy atom. The molecule has 19 heavy (non-hydrogen) atoms. The zero-order valence-corrected chi connectivity index (χ0v) is 11.1. The molecule has 0 bridgehead atoms. The highest BCUT2D eigenvalue weighted by atomic mass is 16.3. The molecule has 0 saturated carbocycles. The van der Waals surface area contributed by atoms with Gasteiger partial charge < -0.3 is 5.73 Å². The van der Waals surface area contributed by atoms with Gasteiger partial charge in [0, 0.05) is 23.9 Å². The number of nitrogens with two attached hydrogens (primary N) is 1. The molecule has 0 fully saturated rings. The SMILES string of the molecule is Cc1ccc(CC(N)(N=O)c2ccccc2C)cn1. The van der Waals surface area contributed by atoms with Crippen molar-refractivity contribution in [2.24, 2.45) is 10.9 Å². The maximum Gasteiger partial charge on any atom is 0.180 e. The number of aromatic nitrogens is 1. The second-order valence-electron chi connectivity index (χ2n) is 4.82. The van der Waals surface area contributed by atoms with Gasteiger partial charge in [0.05, 0.1) is 0 Å². The topological polar surface area (TPSA) is 68.3 Å². The fourth-order valence-electron chi connectivity index (χ4n) is 2.15. The molecule has 4 nitrogen and oxygen atoms in total. The van der Waals surface area contributed by atoms with Crippen LogP contribution in [0.4, 0.5) is 0 Å². The van der Waals surface area contributed by atoms with E-state index in [1.165, 1.54) is 0 Å². The van der Waals surface area contributed by atoms with Gasteiger partial charge in [-0.15, -0.1) is 4.91 Å². The number of hydrogen-bond donors (Lipinski definition) is 1. The van der Waals surface area contributed by atoms with Gasteiger partial charge in [0.1, 0.15) is 0 Å². The summed E-state index contributed by atoms with van der Waals surface area (Å²) in [6.07, 6.45) is 2.08. The van der Waals surface area contributed by atoms with Crippen LogP contribution in [0.25, 0.3) is 0 Å². The molecule has 98 valence electrons. The molecule has 0 saturated heterocycles. The predicted molar refractivity (Wildman–Crippen MR) is 75.5 cm³/mol. The molecule has 4 heteroatoms. The molecule has 2 rings (SSSR count). The maximum atomic E-state index is 11.3.